The van der Waals surface area contributed by atoms with Crippen molar-refractivity contribution in [1.82, 2.24) is 0 Å². The summed E-state index contributed by atoms with van der Waals surface area (Å²) in [7, 11) is 0. The van der Waals surface area contributed by atoms with Gasteiger partial charge >= 0.3 is 0 Å². The maximum atomic E-state index is 8.65. The van der Waals surface area contributed by atoms with E-state index in [9.17, 15) is 0 Å². The van der Waals surface area contributed by atoms with Crippen molar-refractivity contribution in [2.75, 3.05) is 19.8 Å². The van der Waals surface area contributed by atoms with Crippen molar-refractivity contribution in [3.8, 4) is 0 Å². The monoisotopic (exact) mass is 250 g/mol. The van der Waals surface area contributed by atoms with Gasteiger partial charge in [0.15, 0.2) is 0 Å². The van der Waals surface area contributed by atoms with Crippen LogP contribution in [-0.2, 0) is 16.1 Å². The molecule has 0 saturated heterocycles. The molecule has 1 aromatic carbocycles. The van der Waals surface area contributed by atoms with Gasteiger partial charge in [-0.3, -0.25) is 0 Å². The van der Waals surface area contributed by atoms with E-state index in [0.29, 0.717) is 25.2 Å². The smallest absolute Gasteiger partial charge is 0.0717 e. The van der Waals surface area contributed by atoms with E-state index < -0.39 is 0 Å². The molecule has 18 heavy (non-hydrogen) atoms. The lowest BCUT2D eigenvalue weighted by Crippen LogP contribution is -2.34. The molecule has 0 heterocycles. The SMILES string of the molecule is OCCCO[C@H]1C[C@H](COCc2ccccc2)C1. The molecule has 1 aliphatic rings. The third kappa shape index (κ3) is 4.41. The zero-order valence-corrected chi connectivity index (χ0v) is 10.8. The molecular formula is C15H22O3. The molecule has 0 atom stereocenters. The summed E-state index contributed by atoms with van der Waals surface area (Å²) in [6.45, 7) is 2.43. The maximum absolute atomic E-state index is 8.65. The summed E-state index contributed by atoms with van der Waals surface area (Å²) >= 11 is 0. The zero-order chi connectivity index (χ0) is 12.6. The quantitative estimate of drug-likeness (QED) is 0.720. The van der Waals surface area contributed by atoms with Crippen LogP contribution in [0.25, 0.3) is 0 Å². The first kappa shape index (κ1) is 13.5. The summed E-state index contributed by atoms with van der Waals surface area (Å²) in [5, 5.41) is 8.65. The second-order valence-electron chi connectivity index (χ2n) is 4.91. The van der Waals surface area contributed by atoms with Gasteiger partial charge in [0.2, 0.25) is 0 Å². The second-order valence-corrected chi connectivity index (χ2v) is 4.91. The molecule has 0 aromatic heterocycles. The fourth-order valence-corrected chi connectivity index (χ4v) is 2.18. The molecule has 1 aromatic rings. The van der Waals surface area contributed by atoms with Crippen LogP contribution in [0.4, 0.5) is 0 Å². The predicted molar refractivity (Wildman–Crippen MR) is 70.3 cm³/mol. The molecule has 0 aliphatic heterocycles. The molecule has 0 bridgehead atoms. The lowest BCUT2D eigenvalue weighted by atomic mass is 9.83. The van der Waals surface area contributed by atoms with Crippen LogP contribution in [0.5, 0.6) is 0 Å². The molecule has 0 unspecified atom stereocenters. The molecule has 2 rings (SSSR count). The first-order valence-corrected chi connectivity index (χ1v) is 6.72. The first-order chi connectivity index (χ1) is 8.88. The van der Waals surface area contributed by atoms with E-state index in [2.05, 4.69) is 12.1 Å². The van der Waals surface area contributed by atoms with Gasteiger partial charge in [-0.2, -0.15) is 0 Å². The Bertz CT molecular complexity index is 320. The van der Waals surface area contributed by atoms with Crippen LogP contribution in [0, 0.1) is 5.92 Å². The van der Waals surface area contributed by atoms with Gasteiger partial charge in [-0.25, -0.2) is 0 Å². The molecule has 1 N–H and O–H groups in total. The van der Waals surface area contributed by atoms with E-state index in [4.69, 9.17) is 14.6 Å². The van der Waals surface area contributed by atoms with Gasteiger partial charge in [-0.15, -0.1) is 0 Å². The van der Waals surface area contributed by atoms with Crippen molar-refractivity contribution < 1.29 is 14.6 Å². The number of aliphatic hydroxyl groups is 1. The largest absolute Gasteiger partial charge is 0.396 e. The van der Waals surface area contributed by atoms with Gasteiger partial charge in [0, 0.05) is 13.2 Å². The summed E-state index contributed by atoms with van der Waals surface area (Å²) in [6, 6.07) is 10.3. The lowest BCUT2D eigenvalue weighted by Gasteiger charge is -2.34. The Morgan fingerprint density at radius 2 is 1.94 bits per heavy atom. The van der Waals surface area contributed by atoms with Crippen LogP contribution in [0.1, 0.15) is 24.8 Å². The van der Waals surface area contributed by atoms with Crippen molar-refractivity contribution in [3.63, 3.8) is 0 Å². The normalized spacial score (nSPS) is 22.7. The molecule has 0 amide bonds. The van der Waals surface area contributed by atoms with E-state index in [0.717, 1.165) is 25.9 Å². The Hall–Kier alpha value is -0.900. The van der Waals surface area contributed by atoms with Gasteiger partial charge < -0.3 is 14.6 Å². The van der Waals surface area contributed by atoms with E-state index in [-0.39, 0.29) is 6.61 Å². The average Bonchev–Trinajstić information content (AvgIpc) is 2.36. The van der Waals surface area contributed by atoms with Crippen LogP contribution in [0.2, 0.25) is 0 Å². The standard InChI is InChI=1S/C15H22O3/c16-7-4-8-18-15-9-14(10-15)12-17-11-13-5-2-1-3-6-13/h1-3,5-6,14-16H,4,7-12H2/t14-,15-. The number of rotatable bonds is 8. The highest BCUT2D eigenvalue weighted by Gasteiger charge is 2.29. The molecule has 3 heteroatoms. The number of ether oxygens (including phenoxy) is 2. The van der Waals surface area contributed by atoms with Crippen molar-refractivity contribution in [2.24, 2.45) is 5.92 Å². The highest BCUT2D eigenvalue weighted by atomic mass is 16.5. The molecule has 3 nitrogen and oxygen atoms in total. The predicted octanol–water partition coefficient (Wildman–Crippen LogP) is 2.38. The summed E-state index contributed by atoms with van der Waals surface area (Å²) < 4.78 is 11.3. The van der Waals surface area contributed by atoms with Gasteiger partial charge in [0.1, 0.15) is 0 Å². The number of benzene rings is 1. The fourth-order valence-electron chi connectivity index (χ4n) is 2.18. The highest BCUT2D eigenvalue weighted by molar-refractivity contribution is 5.13. The Morgan fingerprint density at radius 3 is 2.67 bits per heavy atom. The lowest BCUT2D eigenvalue weighted by molar-refractivity contribution is -0.0609. The van der Waals surface area contributed by atoms with Crippen LogP contribution in [-0.4, -0.2) is 31.0 Å². The maximum Gasteiger partial charge on any atom is 0.0717 e. The third-order valence-corrected chi connectivity index (χ3v) is 3.31. The Kier molecular flexibility index (Phi) is 5.65. The van der Waals surface area contributed by atoms with Crippen molar-refractivity contribution >= 4 is 0 Å². The Morgan fingerprint density at radius 1 is 1.17 bits per heavy atom. The molecule has 0 spiro atoms. The van der Waals surface area contributed by atoms with E-state index in [1.165, 1.54) is 5.56 Å². The van der Waals surface area contributed by atoms with Gasteiger partial charge in [-0.05, 0) is 30.7 Å². The highest BCUT2D eigenvalue weighted by Crippen LogP contribution is 2.30. The van der Waals surface area contributed by atoms with Crippen LogP contribution in [0.3, 0.4) is 0 Å². The molecule has 100 valence electrons. The van der Waals surface area contributed by atoms with Crippen LogP contribution in [0.15, 0.2) is 30.3 Å². The molecule has 1 fully saturated rings. The molecule has 1 aliphatic carbocycles. The minimum absolute atomic E-state index is 0.219. The minimum atomic E-state index is 0.219. The summed E-state index contributed by atoms with van der Waals surface area (Å²) in [5.74, 6) is 0.646. The Labute approximate surface area is 109 Å². The zero-order valence-electron chi connectivity index (χ0n) is 10.8. The van der Waals surface area contributed by atoms with Crippen LogP contribution >= 0.6 is 0 Å². The topological polar surface area (TPSA) is 38.7 Å². The van der Waals surface area contributed by atoms with E-state index >= 15 is 0 Å². The number of hydrogen-bond donors (Lipinski definition) is 1. The first-order valence-electron chi connectivity index (χ1n) is 6.72. The van der Waals surface area contributed by atoms with Gasteiger partial charge in [-0.1, -0.05) is 30.3 Å². The Balaban J connectivity index is 1.50. The van der Waals surface area contributed by atoms with Gasteiger partial charge in [0.25, 0.3) is 0 Å². The van der Waals surface area contributed by atoms with E-state index in [1.807, 2.05) is 18.2 Å². The minimum Gasteiger partial charge on any atom is -0.396 e. The third-order valence-electron chi connectivity index (χ3n) is 3.31. The molecular weight excluding hydrogens is 228 g/mol. The average molecular weight is 250 g/mol. The van der Waals surface area contributed by atoms with Crippen molar-refractivity contribution in [1.29, 1.82) is 0 Å². The van der Waals surface area contributed by atoms with Crippen molar-refractivity contribution in [2.45, 2.75) is 32.0 Å². The summed E-state index contributed by atoms with van der Waals surface area (Å²) in [6.07, 6.45) is 3.33. The van der Waals surface area contributed by atoms with E-state index in [1.54, 1.807) is 0 Å². The summed E-state index contributed by atoms with van der Waals surface area (Å²) in [5.41, 5.74) is 1.23. The van der Waals surface area contributed by atoms with Crippen LogP contribution < -0.4 is 0 Å². The number of hydrogen-bond acceptors (Lipinski definition) is 3. The van der Waals surface area contributed by atoms with Crippen molar-refractivity contribution in [3.05, 3.63) is 35.9 Å². The number of aliphatic hydroxyl groups excluding tert-OH is 1. The molecule has 0 radical (unpaired) electrons. The van der Waals surface area contributed by atoms with Gasteiger partial charge in [0.05, 0.1) is 19.3 Å². The second kappa shape index (κ2) is 7.52. The molecule has 1 saturated carbocycles. The fraction of sp³-hybridized carbons (Fsp3) is 0.600. The summed E-state index contributed by atoms with van der Waals surface area (Å²) in [4.78, 5) is 0.